The van der Waals surface area contributed by atoms with Crippen molar-refractivity contribution in [3.05, 3.63) is 35.3 Å². The molecule has 1 heterocycles. The van der Waals surface area contributed by atoms with E-state index < -0.39 is 5.97 Å². The Kier molecular flexibility index (Phi) is 4.43. The van der Waals surface area contributed by atoms with E-state index in [-0.39, 0.29) is 5.56 Å². The zero-order chi connectivity index (χ0) is 13.8. The summed E-state index contributed by atoms with van der Waals surface area (Å²) in [5.41, 5.74) is 0.215. The monoisotopic (exact) mass is 264 g/mol. The Morgan fingerprint density at radius 3 is 2.84 bits per heavy atom. The SMILES string of the molecule is Cc1oc(COCC2CC=CCC2C)cc1C(=O)O. The number of carboxylic acids is 1. The number of ether oxygens (including phenoxy) is 1. The lowest BCUT2D eigenvalue weighted by atomic mass is 9.85. The van der Waals surface area contributed by atoms with E-state index in [0.717, 1.165) is 12.8 Å². The maximum absolute atomic E-state index is 10.9. The van der Waals surface area contributed by atoms with Crippen molar-refractivity contribution in [1.29, 1.82) is 0 Å². The molecule has 104 valence electrons. The van der Waals surface area contributed by atoms with Crippen LogP contribution in [0.2, 0.25) is 0 Å². The number of hydrogen-bond acceptors (Lipinski definition) is 3. The van der Waals surface area contributed by atoms with Crippen molar-refractivity contribution in [2.24, 2.45) is 11.8 Å². The molecule has 0 amide bonds. The van der Waals surface area contributed by atoms with Gasteiger partial charge in [-0.2, -0.15) is 0 Å². The molecule has 2 atom stereocenters. The van der Waals surface area contributed by atoms with Crippen molar-refractivity contribution >= 4 is 5.97 Å². The number of hydrogen-bond donors (Lipinski definition) is 1. The molecule has 0 aromatic carbocycles. The summed E-state index contributed by atoms with van der Waals surface area (Å²) in [6, 6.07) is 1.54. The Morgan fingerprint density at radius 1 is 1.47 bits per heavy atom. The molecule has 1 aliphatic carbocycles. The third-order valence-electron chi connectivity index (χ3n) is 3.69. The molecule has 1 N–H and O–H groups in total. The van der Waals surface area contributed by atoms with E-state index in [0.29, 0.717) is 36.6 Å². The van der Waals surface area contributed by atoms with Crippen LogP contribution in [0.15, 0.2) is 22.6 Å². The fraction of sp³-hybridized carbons (Fsp3) is 0.533. The van der Waals surface area contributed by atoms with Crippen LogP contribution < -0.4 is 0 Å². The Balaban J connectivity index is 1.84. The number of rotatable bonds is 5. The molecule has 2 unspecified atom stereocenters. The second-order valence-electron chi connectivity index (χ2n) is 5.18. The molecule has 1 aromatic rings. The highest BCUT2D eigenvalue weighted by molar-refractivity contribution is 5.88. The predicted molar refractivity (Wildman–Crippen MR) is 71.1 cm³/mol. The lowest BCUT2D eigenvalue weighted by Gasteiger charge is -2.24. The van der Waals surface area contributed by atoms with Crippen molar-refractivity contribution in [2.75, 3.05) is 6.61 Å². The minimum atomic E-state index is -0.960. The smallest absolute Gasteiger partial charge is 0.339 e. The summed E-state index contributed by atoms with van der Waals surface area (Å²) < 4.78 is 11.0. The van der Waals surface area contributed by atoms with E-state index in [1.807, 2.05) is 0 Å². The van der Waals surface area contributed by atoms with Crippen LogP contribution in [-0.2, 0) is 11.3 Å². The van der Waals surface area contributed by atoms with E-state index in [1.165, 1.54) is 0 Å². The normalized spacial score (nSPS) is 22.6. The summed E-state index contributed by atoms with van der Waals surface area (Å²) >= 11 is 0. The van der Waals surface area contributed by atoms with Gasteiger partial charge in [-0.15, -0.1) is 0 Å². The van der Waals surface area contributed by atoms with E-state index in [9.17, 15) is 4.79 Å². The van der Waals surface area contributed by atoms with E-state index >= 15 is 0 Å². The van der Waals surface area contributed by atoms with Crippen LogP contribution in [0.4, 0.5) is 0 Å². The number of carbonyl (C=O) groups is 1. The number of aromatic carboxylic acids is 1. The van der Waals surface area contributed by atoms with Gasteiger partial charge in [0, 0.05) is 0 Å². The van der Waals surface area contributed by atoms with Crippen LogP contribution >= 0.6 is 0 Å². The first-order valence-electron chi connectivity index (χ1n) is 6.63. The van der Waals surface area contributed by atoms with Crippen molar-refractivity contribution in [1.82, 2.24) is 0 Å². The number of aryl methyl sites for hydroxylation is 1. The molecule has 4 heteroatoms. The zero-order valence-electron chi connectivity index (χ0n) is 11.4. The van der Waals surface area contributed by atoms with Crippen molar-refractivity contribution in [3.63, 3.8) is 0 Å². The maximum atomic E-state index is 10.9. The van der Waals surface area contributed by atoms with Crippen LogP contribution in [0.3, 0.4) is 0 Å². The van der Waals surface area contributed by atoms with Gasteiger partial charge >= 0.3 is 5.97 Å². The Labute approximate surface area is 113 Å². The van der Waals surface area contributed by atoms with Crippen LogP contribution in [-0.4, -0.2) is 17.7 Å². The van der Waals surface area contributed by atoms with Gasteiger partial charge in [0.05, 0.1) is 6.61 Å². The topological polar surface area (TPSA) is 59.7 Å². The summed E-state index contributed by atoms with van der Waals surface area (Å²) in [5.74, 6) is 1.23. The van der Waals surface area contributed by atoms with Crippen LogP contribution in [0.5, 0.6) is 0 Å². The Hall–Kier alpha value is -1.55. The molecule has 0 bridgehead atoms. The molecule has 1 aromatic heterocycles. The summed E-state index contributed by atoms with van der Waals surface area (Å²) in [5, 5.41) is 8.93. The molecule has 2 rings (SSSR count). The van der Waals surface area contributed by atoms with Gasteiger partial charge in [-0.05, 0) is 37.7 Å². The number of furan rings is 1. The summed E-state index contributed by atoms with van der Waals surface area (Å²) in [7, 11) is 0. The van der Waals surface area contributed by atoms with Crippen molar-refractivity contribution in [3.8, 4) is 0 Å². The lowest BCUT2D eigenvalue weighted by Crippen LogP contribution is -2.19. The first kappa shape index (κ1) is 13.9. The quantitative estimate of drug-likeness (QED) is 0.828. The second kappa shape index (κ2) is 6.06. The Bertz CT molecular complexity index is 472. The van der Waals surface area contributed by atoms with Gasteiger partial charge in [-0.3, -0.25) is 0 Å². The standard InChI is InChI=1S/C15H20O4/c1-10-5-3-4-6-12(10)8-18-9-13-7-14(15(16)17)11(2)19-13/h3-4,7,10,12H,5-6,8-9H2,1-2H3,(H,16,17). The zero-order valence-corrected chi connectivity index (χ0v) is 11.4. The third kappa shape index (κ3) is 3.47. The second-order valence-corrected chi connectivity index (χ2v) is 5.18. The van der Waals surface area contributed by atoms with Crippen molar-refractivity contribution < 1.29 is 19.1 Å². The third-order valence-corrected chi connectivity index (χ3v) is 3.69. The molecule has 4 nitrogen and oxygen atoms in total. The summed E-state index contributed by atoms with van der Waals surface area (Å²) in [6.45, 7) is 4.91. The van der Waals surface area contributed by atoms with Gasteiger partial charge < -0.3 is 14.3 Å². The molecule has 0 aliphatic heterocycles. The lowest BCUT2D eigenvalue weighted by molar-refractivity contribution is 0.0579. The van der Waals surface area contributed by atoms with E-state index in [2.05, 4.69) is 19.1 Å². The first-order chi connectivity index (χ1) is 9.08. The van der Waals surface area contributed by atoms with Gasteiger partial charge in [0.15, 0.2) is 0 Å². The molecule has 0 radical (unpaired) electrons. The Morgan fingerprint density at radius 2 is 2.21 bits per heavy atom. The van der Waals surface area contributed by atoms with Gasteiger partial charge in [-0.25, -0.2) is 4.79 Å². The molecule has 19 heavy (non-hydrogen) atoms. The molecule has 1 aliphatic rings. The van der Waals surface area contributed by atoms with Crippen LogP contribution in [0.25, 0.3) is 0 Å². The first-order valence-corrected chi connectivity index (χ1v) is 6.63. The van der Waals surface area contributed by atoms with E-state index in [1.54, 1.807) is 13.0 Å². The fourth-order valence-corrected chi connectivity index (χ4v) is 2.38. The van der Waals surface area contributed by atoms with Gasteiger partial charge in [0.2, 0.25) is 0 Å². The number of allylic oxidation sites excluding steroid dienone is 2. The summed E-state index contributed by atoms with van der Waals surface area (Å²) in [4.78, 5) is 10.9. The molecular formula is C15H20O4. The van der Waals surface area contributed by atoms with Crippen LogP contribution in [0, 0.1) is 18.8 Å². The average molecular weight is 264 g/mol. The minimum absolute atomic E-state index is 0.215. The minimum Gasteiger partial charge on any atom is -0.478 e. The molecule has 0 saturated heterocycles. The van der Waals surface area contributed by atoms with Crippen LogP contribution in [0.1, 0.15) is 41.6 Å². The van der Waals surface area contributed by atoms with Gasteiger partial charge in [0.1, 0.15) is 23.7 Å². The van der Waals surface area contributed by atoms with Crippen molar-refractivity contribution in [2.45, 2.75) is 33.3 Å². The molecule has 0 saturated carbocycles. The fourth-order valence-electron chi connectivity index (χ4n) is 2.38. The average Bonchev–Trinajstić information content (AvgIpc) is 2.73. The predicted octanol–water partition coefficient (Wildman–Crippen LogP) is 3.41. The highest BCUT2D eigenvalue weighted by Crippen LogP contribution is 2.25. The largest absolute Gasteiger partial charge is 0.478 e. The summed E-state index contributed by atoms with van der Waals surface area (Å²) in [6.07, 6.45) is 6.58. The van der Waals surface area contributed by atoms with E-state index in [4.69, 9.17) is 14.3 Å². The van der Waals surface area contributed by atoms with Gasteiger partial charge in [0.25, 0.3) is 0 Å². The highest BCUT2D eigenvalue weighted by atomic mass is 16.5. The number of carboxylic acid groups (broad SMARTS) is 1. The maximum Gasteiger partial charge on any atom is 0.339 e. The highest BCUT2D eigenvalue weighted by Gasteiger charge is 2.19. The molecule has 0 fully saturated rings. The van der Waals surface area contributed by atoms with Gasteiger partial charge in [-0.1, -0.05) is 19.1 Å². The molecule has 0 spiro atoms. The molecular weight excluding hydrogens is 244 g/mol.